The summed E-state index contributed by atoms with van der Waals surface area (Å²) in [7, 11) is 1.97. The Kier molecular flexibility index (Phi) is 4.95. The fraction of sp³-hybridized carbons (Fsp3) is 0.0417. The van der Waals surface area contributed by atoms with Gasteiger partial charge in [-0.1, -0.05) is 41.1 Å². The number of benzene rings is 3. The van der Waals surface area contributed by atoms with E-state index in [1.54, 1.807) is 6.33 Å². The van der Waals surface area contributed by atoms with E-state index in [4.69, 9.17) is 28.2 Å². The number of rotatable bonds is 2. The van der Waals surface area contributed by atoms with Gasteiger partial charge in [0.25, 0.3) is 5.78 Å². The van der Waals surface area contributed by atoms with Gasteiger partial charge in [0.15, 0.2) is 0 Å². The number of fused-ring (bicyclic) bond motifs is 3. The second-order valence-electron chi connectivity index (χ2n) is 6.96. The summed E-state index contributed by atoms with van der Waals surface area (Å²) in [6, 6.07) is 21.2. The summed E-state index contributed by atoms with van der Waals surface area (Å²) in [6.07, 6.45) is 1.64. The molecule has 0 amide bonds. The molecule has 2 aromatic heterocycles. The van der Waals surface area contributed by atoms with Crippen LogP contribution in [0.15, 0.2) is 73.1 Å². The Balaban J connectivity index is 1.56. The molecule has 0 aliphatic carbocycles. The van der Waals surface area contributed by atoms with Gasteiger partial charge in [0.2, 0.25) is 0 Å². The second kappa shape index (κ2) is 7.92. The molecule has 0 fully saturated rings. The van der Waals surface area contributed by atoms with Gasteiger partial charge >= 0.3 is 0 Å². The topological polar surface area (TPSA) is 46.3 Å². The molecule has 0 atom stereocenters. The zero-order chi connectivity index (χ0) is 21.4. The quantitative estimate of drug-likeness (QED) is 0.325. The third-order valence-electron chi connectivity index (χ3n) is 4.94. The van der Waals surface area contributed by atoms with E-state index in [2.05, 4.69) is 22.0 Å². The van der Waals surface area contributed by atoms with E-state index in [1.807, 2.05) is 83.1 Å². The molecule has 0 N–H and O–H groups in total. The van der Waals surface area contributed by atoms with Crippen molar-refractivity contribution in [1.82, 2.24) is 19.6 Å². The summed E-state index contributed by atoms with van der Waals surface area (Å²) >= 11 is 12.2. The van der Waals surface area contributed by atoms with Crippen molar-refractivity contribution in [3.05, 3.63) is 94.2 Å². The predicted octanol–water partition coefficient (Wildman–Crippen LogP) is 5.75. The summed E-state index contributed by atoms with van der Waals surface area (Å²) in [5, 5.41) is 10.4. The molecule has 31 heavy (non-hydrogen) atoms. The minimum absolute atomic E-state index is 0.510. The molecule has 7 heteroatoms. The van der Waals surface area contributed by atoms with Gasteiger partial charge < -0.3 is 4.90 Å². The van der Waals surface area contributed by atoms with Crippen molar-refractivity contribution < 1.29 is 0 Å². The molecule has 5 nitrogen and oxygen atoms in total. The Labute approximate surface area is 188 Å². The number of aromatic nitrogens is 4. The maximum absolute atomic E-state index is 6.24. The molecule has 5 aromatic rings. The molecule has 0 aliphatic heterocycles. The standard InChI is InChI=1S/C24H15Cl2N5/c1-30(20-4-2-3-17(13-20)6-5-16-7-9-18(25)10-8-16)23-21-12-11-19(26)14-22(21)31-15-27-29-24(31)28-23/h2-4,7-15H,1H3. The van der Waals surface area contributed by atoms with Gasteiger partial charge in [-0.25, -0.2) is 0 Å². The highest BCUT2D eigenvalue weighted by Crippen LogP contribution is 2.31. The second-order valence-corrected chi connectivity index (χ2v) is 7.84. The Bertz CT molecular complexity index is 1480. The molecular formula is C24H15Cl2N5. The third-order valence-corrected chi connectivity index (χ3v) is 5.43. The molecule has 0 aliphatic rings. The Morgan fingerprint density at radius 3 is 2.48 bits per heavy atom. The molecule has 0 saturated carbocycles. The molecule has 2 heterocycles. The molecule has 0 unspecified atom stereocenters. The van der Waals surface area contributed by atoms with Crippen LogP contribution in [-0.4, -0.2) is 26.6 Å². The fourth-order valence-corrected chi connectivity index (χ4v) is 3.66. The molecule has 3 aromatic carbocycles. The number of hydrogen-bond donors (Lipinski definition) is 0. The average Bonchev–Trinajstić information content (AvgIpc) is 3.27. The van der Waals surface area contributed by atoms with Gasteiger partial charge in [-0.05, 0) is 60.7 Å². The summed E-state index contributed by atoms with van der Waals surface area (Å²) in [5.74, 6) is 7.65. The van der Waals surface area contributed by atoms with E-state index in [0.717, 1.165) is 33.5 Å². The minimum Gasteiger partial charge on any atom is -0.329 e. The maximum Gasteiger partial charge on any atom is 0.257 e. The first-order valence-electron chi connectivity index (χ1n) is 9.49. The summed E-state index contributed by atoms with van der Waals surface area (Å²) < 4.78 is 1.83. The van der Waals surface area contributed by atoms with Gasteiger partial charge in [-0.3, -0.25) is 4.40 Å². The zero-order valence-electron chi connectivity index (χ0n) is 16.4. The molecule has 150 valence electrons. The molecule has 0 saturated heterocycles. The Hall–Kier alpha value is -3.59. The van der Waals surface area contributed by atoms with Gasteiger partial charge in [-0.15, -0.1) is 10.2 Å². The molecule has 5 rings (SSSR count). The third kappa shape index (κ3) is 3.79. The number of hydrogen-bond acceptors (Lipinski definition) is 4. The van der Waals surface area contributed by atoms with Gasteiger partial charge in [0.1, 0.15) is 12.1 Å². The predicted molar refractivity (Wildman–Crippen MR) is 125 cm³/mol. The summed E-state index contributed by atoms with van der Waals surface area (Å²) in [5.41, 5.74) is 3.65. The van der Waals surface area contributed by atoms with E-state index in [0.29, 0.717) is 15.8 Å². The first kappa shape index (κ1) is 19.4. The van der Waals surface area contributed by atoms with Gasteiger partial charge in [0, 0.05) is 39.3 Å². The van der Waals surface area contributed by atoms with Gasteiger partial charge in [-0.2, -0.15) is 4.98 Å². The van der Waals surface area contributed by atoms with Crippen LogP contribution < -0.4 is 4.90 Å². The lowest BCUT2D eigenvalue weighted by Crippen LogP contribution is -2.13. The van der Waals surface area contributed by atoms with Crippen LogP contribution in [-0.2, 0) is 0 Å². The van der Waals surface area contributed by atoms with E-state index < -0.39 is 0 Å². The monoisotopic (exact) mass is 443 g/mol. The van der Waals surface area contributed by atoms with Gasteiger partial charge in [0.05, 0.1) is 5.52 Å². The van der Waals surface area contributed by atoms with Crippen molar-refractivity contribution in [2.75, 3.05) is 11.9 Å². The van der Waals surface area contributed by atoms with Crippen LogP contribution in [0.1, 0.15) is 11.1 Å². The molecule has 0 bridgehead atoms. The normalized spacial score (nSPS) is 10.8. The zero-order valence-corrected chi connectivity index (χ0v) is 17.9. The van der Waals surface area contributed by atoms with Crippen LogP contribution in [0, 0.1) is 11.8 Å². The van der Waals surface area contributed by atoms with Crippen LogP contribution in [0.5, 0.6) is 0 Å². The average molecular weight is 444 g/mol. The van der Waals surface area contributed by atoms with Crippen LogP contribution in [0.25, 0.3) is 16.7 Å². The van der Waals surface area contributed by atoms with E-state index in [1.165, 1.54) is 0 Å². The largest absolute Gasteiger partial charge is 0.329 e. The van der Waals surface area contributed by atoms with Crippen molar-refractivity contribution in [3.8, 4) is 11.8 Å². The van der Waals surface area contributed by atoms with Crippen molar-refractivity contribution in [1.29, 1.82) is 0 Å². The van der Waals surface area contributed by atoms with Crippen molar-refractivity contribution in [2.45, 2.75) is 0 Å². The van der Waals surface area contributed by atoms with E-state index in [-0.39, 0.29) is 0 Å². The van der Waals surface area contributed by atoms with Crippen LogP contribution >= 0.6 is 23.2 Å². The summed E-state index contributed by atoms with van der Waals surface area (Å²) in [6.45, 7) is 0. The van der Waals surface area contributed by atoms with Crippen molar-refractivity contribution in [3.63, 3.8) is 0 Å². The lowest BCUT2D eigenvalue weighted by atomic mass is 10.1. The molecule has 0 spiro atoms. The Morgan fingerprint density at radius 1 is 0.871 bits per heavy atom. The lowest BCUT2D eigenvalue weighted by Gasteiger charge is -2.20. The van der Waals surface area contributed by atoms with Crippen molar-refractivity contribution >= 4 is 51.4 Å². The smallest absolute Gasteiger partial charge is 0.257 e. The van der Waals surface area contributed by atoms with Crippen molar-refractivity contribution in [2.24, 2.45) is 0 Å². The number of nitrogens with zero attached hydrogens (tertiary/aromatic N) is 5. The molecule has 0 radical (unpaired) electrons. The first-order chi connectivity index (χ1) is 15.1. The lowest BCUT2D eigenvalue weighted by molar-refractivity contribution is 1.08. The van der Waals surface area contributed by atoms with E-state index >= 15 is 0 Å². The highest BCUT2D eigenvalue weighted by Gasteiger charge is 2.15. The summed E-state index contributed by atoms with van der Waals surface area (Å²) in [4.78, 5) is 6.74. The fourth-order valence-electron chi connectivity index (χ4n) is 3.37. The number of halogens is 2. The van der Waals surface area contributed by atoms with Crippen LogP contribution in [0.3, 0.4) is 0 Å². The minimum atomic E-state index is 0.510. The first-order valence-corrected chi connectivity index (χ1v) is 10.2. The van der Waals surface area contributed by atoms with Crippen LogP contribution in [0.4, 0.5) is 11.5 Å². The van der Waals surface area contributed by atoms with E-state index in [9.17, 15) is 0 Å². The highest BCUT2D eigenvalue weighted by molar-refractivity contribution is 6.31. The molecular weight excluding hydrogens is 429 g/mol. The number of anilines is 2. The highest BCUT2D eigenvalue weighted by atomic mass is 35.5. The maximum atomic E-state index is 6.24. The SMILES string of the molecule is CN(c1cccc(C#Cc2ccc(Cl)cc2)c1)c1nc2nncn2c2cc(Cl)ccc12. The van der Waals surface area contributed by atoms with Crippen LogP contribution in [0.2, 0.25) is 10.0 Å². The Morgan fingerprint density at radius 2 is 1.65 bits per heavy atom.